The van der Waals surface area contributed by atoms with Gasteiger partial charge in [-0.15, -0.1) is 0 Å². The SMILES string of the molecule is CCCCC(CNc1ccccc1)NS(=O)(=O)c1cc(Br)c(Br)cc1Br. The number of para-hydroxylation sites is 1. The van der Waals surface area contributed by atoms with Crippen molar-refractivity contribution < 1.29 is 8.42 Å². The minimum atomic E-state index is -3.65. The molecule has 0 radical (unpaired) electrons. The van der Waals surface area contributed by atoms with E-state index in [2.05, 4.69) is 64.8 Å². The molecule has 2 N–H and O–H groups in total. The number of unbranched alkanes of at least 4 members (excludes halogenated alkanes) is 1. The Balaban J connectivity index is 2.16. The topological polar surface area (TPSA) is 58.2 Å². The van der Waals surface area contributed by atoms with Gasteiger partial charge >= 0.3 is 0 Å². The lowest BCUT2D eigenvalue weighted by Gasteiger charge is -2.20. The fourth-order valence-electron chi connectivity index (χ4n) is 2.44. The third kappa shape index (κ3) is 6.34. The Hall–Kier alpha value is -0.410. The molecule has 0 bridgehead atoms. The highest BCUT2D eigenvalue weighted by molar-refractivity contribution is 9.13. The molecule has 0 aliphatic heterocycles. The molecule has 0 saturated heterocycles. The fraction of sp³-hybridized carbons (Fsp3) is 0.333. The number of nitrogens with one attached hydrogen (secondary N) is 2. The van der Waals surface area contributed by atoms with Gasteiger partial charge in [-0.2, -0.15) is 0 Å². The molecule has 0 aliphatic rings. The van der Waals surface area contributed by atoms with Crippen molar-refractivity contribution >= 4 is 63.5 Å². The Morgan fingerprint density at radius 3 is 2.31 bits per heavy atom. The quantitative estimate of drug-likeness (QED) is 0.369. The summed E-state index contributed by atoms with van der Waals surface area (Å²) < 4.78 is 30.6. The zero-order chi connectivity index (χ0) is 19.2. The summed E-state index contributed by atoms with van der Waals surface area (Å²) in [7, 11) is -3.65. The molecule has 4 nitrogen and oxygen atoms in total. The molecule has 1 atom stereocenters. The van der Waals surface area contributed by atoms with E-state index in [0.29, 0.717) is 15.5 Å². The van der Waals surface area contributed by atoms with Crippen molar-refractivity contribution in [3.8, 4) is 0 Å². The first kappa shape index (κ1) is 21.9. The number of rotatable bonds is 9. The van der Waals surface area contributed by atoms with Crippen molar-refractivity contribution in [2.45, 2.75) is 37.1 Å². The average Bonchev–Trinajstić information content (AvgIpc) is 2.61. The van der Waals surface area contributed by atoms with Crippen molar-refractivity contribution in [3.05, 3.63) is 55.9 Å². The molecule has 2 rings (SSSR count). The number of halogens is 3. The largest absolute Gasteiger partial charge is 0.383 e. The van der Waals surface area contributed by atoms with E-state index in [1.807, 2.05) is 30.3 Å². The lowest BCUT2D eigenvalue weighted by molar-refractivity contribution is 0.523. The van der Waals surface area contributed by atoms with Gasteiger partial charge in [-0.25, -0.2) is 13.1 Å². The van der Waals surface area contributed by atoms with Crippen LogP contribution in [-0.2, 0) is 10.0 Å². The van der Waals surface area contributed by atoms with Crippen LogP contribution in [0.4, 0.5) is 5.69 Å². The molecule has 0 spiro atoms. The molecule has 2 aromatic rings. The molecular formula is C18H21Br3N2O2S. The Kier molecular flexibility index (Phi) is 8.60. The predicted octanol–water partition coefficient (Wildman–Crippen LogP) is 5.92. The Morgan fingerprint density at radius 1 is 1.00 bits per heavy atom. The van der Waals surface area contributed by atoms with Crippen LogP contribution in [0.1, 0.15) is 26.2 Å². The minimum Gasteiger partial charge on any atom is -0.383 e. The van der Waals surface area contributed by atoms with Gasteiger partial charge in [0.2, 0.25) is 10.0 Å². The first-order chi connectivity index (χ1) is 12.3. The number of hydrogen-bond acceptors (Lipinski definition) is 3. The maximum atomic E-state index is 12.9. The second-order valence-electron chi connectivity index (χ2n) is 5.90. The molecular weight excluding hydrogens is 548 g/mol. The summed E-state index contributed by atoms with van der Waals surface area (Å²) in [5.74, 6) is 0. The van der Waals surface area contributed by atoms with Crippen LogP contribution in [0.2, 0.25) is 0 Å². The van der Waals surface area contributed by atoms with E-state index in [9.17, 15) is 8.42 Å². The second-order valence-corrected chi connectivity index (χ2v) is 10.1. The van der Waals surface area contributed by atoms with E-state index in [1.54, 1.807) is 12.1 Å². The van der Waals surface area contributed by atoms with Crippen LogP contribution in [-0.4, -0.2) is 21.0 Å². The van der Waals surface area contributed by atoms with E-state index in [1.165, 1.54) is 0 Å². The molecule has 0 saturated carbocycles. The molecule has 2 aromatic carbocycles. The maximum Gasteiger partial charge on any atom is 0.242 e. The van der Waals surface area contributed by atoms with E-state index < -0.39 is 10.0 Å². The third-order valence-corrected chi connectivity index (χ3v) is 8.14. The average molecular weight is 569 g/mol. The van der Waals surface area contributed by atoms with Crippen LogP contribution in [0.5, 0.6) is 0 Å². The molecule has 1 unspecified atom stereocenters. The monoisotopic (exact) mass is 566 g/mol. The van der Waals surface area contributed by atoms with Gasteiger partial charge in [-0.1, -0.05) is 38.0 Å². The molecule has 0 heterocycles. The summed E-state index contributed by atoms with van der Waals surface area (Å²) in [5.41, 5.74) is 0.973. The van der Waals surface area contributed by atoms with Crippen LogP contribution in [0.25, 0.3) is 0 Å². The summed E-state index contributed by atoms with van der Waals surface area (Å²) in [5, 5.41) is 3.31. The number of sulfonamides is 1. The Morgan fingerprint density at radius 2 is 1.65 bits per heavy atom. The Labute approximate surface area is 180 Å². The molecule has 0 fully saturated rings. The van der Waals surface area contributed by atoms with Crippen LogP contribution < -0.4 is 10.0 Å². The number of benzene rings is 2. The van der Waals surface area contributed by atoms with Gasteiger partial charge in [-0.3, -0.25) is 0 Å². The molecule has 0 aromatic heterocycles. The standard InChI is InChI=1S/C18H21Br3N2O2S/c1-2-3-7-14(12-22-13-8-5-4-6-9-13)23-26(24,25)18-11-16(20)15(19)10-17(18)21/h4-6,8-11,14,22-23H,2-3,7,12H2,1H3. The summed E-state index contributed by atoms with van der Waals surface area (Å²) in [6, 6.07) is 12.9. The van der Waals surface area contributed by atoms with Gasteiger partial charge in [-0.05, 0) is 78.5 Å². The molecule has 142 valence electrons. The lowest BCUT2D eigenvalue weighted by atomic mass is 10.1. The van der Waals surface area contributed by atoms with Gasteiger partial charge in [0.25, 0.3) is 0 Å². The zero-order valence-electron chi connectivity index (χ0n) is 14.3. The minimum absolute atomic E-state index is 0.200. The number of hydrogen-bond donors (Lipinski definition) is 2. The van der Waals surface area contributed by atoms with Crippen molar-refractivity contribution in [1.82, 2.24) is 4.72 Å². The highest BCUT2D eigenvalue weighted by atomic mass is 79.9. The second kappa shape index (κ2) is 10.2. The van der Waals surface area contributed by atoms with E-state index in [4.69, 9.17) is 0 Å². The van der Waals surface area contributed by atoms with E-state index in [0.717, 1.165) is 29.4 Å². The van der Waals surface area contributed by atoms with Gasteiger partial charge in [0.1, 0.15) is 0 Å². The highest BCUT2D eigenvalue weighted by Crippen LogP contribution is 2.32. The first-order valence-electron chi connectivity index (χ1n) is 8.29. The normalized spacial score (nSPS) is 12.8. The molecule has 0 amide bonds. The van der Waals surface area contributed by atoms with Crippen LogP contribution in [0.3, 0.4) is 0 Å². The highest BCUT2D eigenvalue weighted by Gasteiger charge is 2.23. The molecule has 8 heteroatoms. The van der Waals surface area contributed by atoms with Crippen molar-refractivity contribution in [3.63, 3.8) is 0 Å². The van der Waals surface area contributed by atoms with E-state index >= 15 is 0 Å². The smallest absolute Gasteiger partial charge is 0.242 e. The maximum absolute atomic E-state index is 12.9. The van der Waals surface area contributed by atoms with Gasteiger partial charge < -0.3 is 5.32 Å². The molecule has 26 heavy (non-hydrogen) atoms. The van der Waals surface area contributed by atoms with Gasteiger partial charge in [0.05, 0.1) is 4.90 Å². The van der Waals surface area contributed by atoms with Crippen LogP contribution >= 0.6 is 47.8 Å². The van der Waals surface area contributed by atoms with E-state index in [-0.39, 0.29) is 10.9 Å². The third-order valence-electron chi connectivity index (χ3n) is 3.82. The van der Waals surface area contributed by atoms with Gasteiger partial charge in [0, 0.05) is 31.7 Å². The van der Waals surface area contributed by atoms with Gasteiger partial charge in [0.15, 0.2) is 0 Å². The van der Waals surface area contributed by atoms with Crippen molar-refractivity contribution in [2.24, 2.45) is 0 Å². The lowest BCUT2D eigenvalue weighted by Crippen LogP contribution is -2.39. The summed E-state index contributed by atoms with van der Waals surface area (Å²) in [4.78, 5) is 0.216. The number of anilines is 1. The predicted molar refractivity (Wildman–Crippen MR) is 118 cm³/mol. The van der Waals surface area contributed by atoms with Crippen LogP contribution in [0, 0.1) is 0 Å². The van der Waals surface area contributed by atoms with Crippen LogP contribution in [0.15, 0.2) is 60.8 Å². The summed E-state index contributed by atoms with van der Waals surface area (Å²) >= 11 is 10.1. The summed E-state index contributed by atoms with van der Waals surface area (Å²) in [6.45, 7) is 2.62. The zero-order valence-corrected chi connectivity index (χ0v) is 19.9. The summed E-state index contributed by atoms with van der Waals surface area (Å²) in [6.07, 6.45) is 2.73. The first-order valence-corrected chi connectivity index (χ1v) is 12.2. The van der Waals surface area contributed by atoms with Crippen molar-refractivity contribution in [1.29, 1.82) is 0 Å². The van der Waals surface area contributed by atoms with Crippen molar-refractivity contribution in [2.75, 3.05) is 11.9 Å². The fourth-order valence-corrected chi connectivity index (χ4v) is 5.93. The Bertz CT molecular complexity index is 830. The molecule has 0 aliphatic carbocycles.